The van der Waals surface area contributed by atoms with Crippen LogP contribution in [0, 0.1) is 24.4 Å². The number of halogens is 3. The van der Waals surface area contributed by atoms with E-state index in [9.17, 15) is 18.0 Å². The summed E-state index contributed by atoms with van der Waals surface area (Å²) in [6, 6.07) is 0. The molecule has 16 heavy (non-hydrogen) atoms. The van der Waals surface area contributed by atoms with Crippen LogP contribution in [-0.4, -0.2) is 20.2 Å². The molecule has 6 heteroatoms. The smallest absolute Gasteiger partial charge is 0.341 e. The predicted molar refractivity (Wildman–Crippen MR) is 48.9 cm³/mol. The van der Waals surface area contributed by atoms with Crippen molar-refractivity contribution < 1.29 is 27.4 Å². The first-order valence-electron chi connectivity index (χ1n) is 4.25. The first-order chi connectivity index (χ1) is 7.45. The second-order valence-electron chi connectivity index (χ2n) is 2.97. The average molecular weight is 234 g/mol. The Balaban J connectivity index is 3.62. The molecule has 0 aliphatic carbocycles. The van der Waals surface area contributed by atoms with Crippen LogP contribution in [0.1, 0.15) is 15.9 Å². The van der Waals surface area contributed by atoms with Gasteiger partial charge in [-0.25, -0.2) is 13.6 Å². The summed E-state index contributed by atoms with van der Waals surface area (Å²) in [5.74, 6) is -6.11. The van der Waals surface area contributed by atoms with Crippen molar-refractivity contribution in [3.05, 3.63) is 28.6 Å². The average Bonchev–Trinajstić information content (AvgIpc) is 2.27. The van der Waals surface area contributed by atoms with Crippen molar-refractivity contribution in [2.45, 2.75) is 6.92 Å². The predicted octanol–water partition coefficient (Wildman–Crippen LogP) is 2.21. The second kappa shape index (κ2) is 4.42. The highest BCUT2D eigenvalue weighted by Gasteiger charge is 2.27. The topological polar surface area (TPSA) is 35.5 Å². The van der Waals surface area contributed by atoms with Crippen LogP contribution >= 0.6 is 0 Å². The third-order valence-electron chi connectivity index (χ3n) is 2.11. The molecule has 0 atom stereocenters. The van der Waals surface area contributed by atoms with E-state index in [1.54, 1.807) is 0 Å². The van der Waals surface area contributed by atoms with E-state index in [2.05, 4.69) is 9.47 Å². The van der Waals surface area contributed by atoms with Crippen molar-refractivity contribution in [3.8, 4) is 5.75 Å². The van der Waals surface area contributed by atoms with Crippen LogP contribution in [0.2, 0.25) is 0 Å². The number of benzene rings is 1. The Hall–Kier alpha value is -1.72. The molecule has 0 aliphatic heterocycles. The van der Waals surface area contributed by atoms with Crippen LogP contribution in [0.5, 0.6) is 5.75 Å². The Morgan fingerprint density at radius 3 is 2.06 bits per heavy atom. The lowest BCUT2D eigenvalue weighted by Crippen LogP contribution is -2.12. The SMILES string of the molecule is COC(=O)c1c(C)c(F)c(F)c(OC)c1F. The number of carbonyl (C=O) groups is 1. The monoisotopic (exact) mass is 234 g/mol. The molecule has 1 aromatic carbocycles. The molecule has 0 spiro atoms. The van der Waals surface area contributed by atoms with Gasteiger partial charge in [-0.15, -0.1) is 0 Å². The lowest BCUT2D eigenvalue weighted by Gasteiger charge is -2.11. The van der Waals surface area contributed by atoms with Gasteiger partial charge in [0.05, 0.1) is 14.2 Å². The maximum atomic E-state index is 13.6. The number of ether oxygens (including phenoxy) is 2. The highest BCUT2D eigenvalue weighted by atomic mass is 19.2. The van der Waals surface area contributed by atoms with Crippen molar-refractivity contribution in [3.63, 3.8) is 0 Å². The molecule has 0 fully saturated rings. The molecule has 1 rings (SSSR count). The highest BCUT2D eigenvalue weighted by Crippen LogP contribution is 2.30. The Bertz CT molecular complexity index is 444. The molecule has 0 saturated heterocycles. The van der Waals surface area contributed by atoms with E-state index in [1.165, 1.54) is 0 Å². The minimum atomic E-state index is -1.47. The van der Waals surface area contributed by atoms with Crippen molar-refractivity contribution in [1.29, 1.82) is 0 Å². The summed E-state index contributed by atoms with van der Waals surface area (Å²) in [5.41, 5.74) is -1.12. The van der Waals surface area contributed by atoms with Crippen LogP contribution in [0.25, 0.3) is 0 Å². The van der Waals surface area contributed by atoms with Crippen LogP contribution in [0.3, 0.4) is 0 Å². The molecule has 0 bridgehead atoms. The molecule has 1 aromatic rings. The number of rotatable bonds is 2. The van der Waals surface area contributed by atoms with Gasteiger partial charge in [0.15, 0.2) is 17.4 Å². The van der Waals surface area contributed by atoms with Gasteiger partial charge >= 0.3 is 5.97 Å². The summed E-state index contributed by atoms with van der Waals surface area (Å²) in [7, 11) is 1.98. The minimum Gasteiger partial charge on any atom is -0.491 e. The summed E-state index contributed by atoms with van der Waals surface area (Å²) in [6.45, 7) is 1.08. The molecule has 88 valence electrons. The molecule has 0 heterocycles. The Morgan fingerprint density at radius 1 is 1.06 bits per heavy atom. The largest absolute Gasteiger partial charge is 0.491 e. The summed E-state index contributed by atoms with van der Waals surface area (Å²) in [4.78, 5) is 11.2. The fourth-order valence-electron chi connectivity index (χ4n) is 1.27. The summed E-state index contributed by atoms with van der Waals surface area (Å²) in [6.07, 6.45) is 0. The Morgan fingerprint density at radius 2 is 1.62 bits per heavy atom. The Kier molecular flexibility index (Phi) is 3.41. The third kappa shape index (κ3) is 1.70. The molecule has 0 N–H and O–H groups in total. The van der Waals surface area contributed by atoms with E-state index in [-0.39, 0.29) is 0 Å². The van der Waals surface area contributed by atoms with E-state index in [4.69, 9.17) is 0 Å². The zero-order valence-corrected chi connectivity index (χ0v) is 8.86. The maximum Gasteiger partial charge on any atom is 0.341 e. The summed E-state index contributed by atoms with van der Waals surface area (Å²) in [5, 5.41) is 0. The quantitative estimate of drug-likeness (QED) is 0.581. The van der Waals surface area contributed by atoms with E-state index in [0.717, 1.165) is 21.1 Å². The molecule has 3 nitrogen and oxygen atoms in total. The van der Waals surface area contributed by atoms with E-state index < -0.39 is 40.3 Å². The Labute approximate surface area is 89.8 Å². The molecule has 0 amide bonds. The molecule has 0 aliphatic rings. The van der Waals surface area contributed by atoms with Crippen LogP contribution in [-0.2, 0) is 4.74 Å². The van der Waals surface area contributed by atoms with E-state index >= 15 is 0 Å². The third-order valence-corrected chi connectivity index (χ3v) is 2.11. The van der Waals surface area contributed by atoms with Crippen LogP contribution in [0.4, 0.5) is 13.2 Å². The van der Waals surface area contributed by atoms with Crippen molar-refractivity contribution in [1.82, 2.24) is 0 Å². The maximum absolute atomic E-state index is 13.6. The summed E-state index contributed by atoms with van der Waals surface area (Å²) < 4.78 is 48.7. The van der Waals surface area contributed by atoms with Crippen LogP contribution < -0.4 is 4.74 Å². The number of esters is 1. The molecule has 0 aromatic heterocycles. The standard InChI is InChI=1S/C10H9F3O3/c1-4-5(10(14)16-3)7(12)9(15-2)8(13)6(4)11/h1-3H3. The van der Waals surface area contributed by atoms with Crippen LogP contribution in [0.15, 0.2) is 0 Å². The van der Waals surface area contributed by atoms with Gasteiger partial charge in [-0.2, -0.15) is 4.39 Å². The number of methoxy groups -OCH3 is 2. The number of hydrogen-bond acceptors (Lipinski definition) is 3. The highest BCUT2D eigenvalue weighted by molar-refractivity contribution is 5.92. The van der Waals surface area contributed by atoms with Gasteiger partial charge < -0.3 is 9.47 Å². The normalized spacial score (nSPS) is 10.1. The van der Waals surface area contributed by atoms with Gasteiger partial charge in [-0.3, -0.25) is 0 Å². The lowest BCUT2D eigenvalue weighted by molar-refractivity contribution is 0.0592. The first-order valence-corrected chi connectivity index (χ1v) is 4.25. The van der Waals surface area contributed by atoms with Gasteiger partial charge in [0.25, 0.3) is 0 Å². The van der Waals surface area contributed by atoms with Crippen molar-refractivity contribution in [2.75, 3.05) is 14.2 Å². The minimum absolute atomic E-state index is 0.456. The van der Waals surface area contributed by atoms with Gasteiger partial charge in [0, 0.05) is 5.56 Å². The molecular weight excluding hydrogens is 225 g/mol. The lowest BCUT2D eigenvalue weighted by atomic mass is 10.1. The molecular formula is C10H9F3O3. The van der Waals surface area contributed by atoms with E-state index in [0.29, 0.717) is 0 Å². The van der Waals surface area contributed by atoms with Crippen molar-refractivity contribution in [2.24, 2.45) is 0 Å². The van der Waals surface area contributed by atoms with Gasteiger partial charge in [-0.05, 0) is 6.92 Å². The molecule has 0 unspecified atom stereocenters. The first kappa shape index (κ1) is 12.4. The summed E-state index contributed by atoms with van der Waals surface area (Å²) >= 11 is 0. The second-order valence-corrected chi connectivity index (χ2v) is 2.97. The zero-order chi connectivity index (χ0) is 12.5. The fraction of sp³-hybridized carbons (Fsp3) is 0.300. The van der Waals surface area contributed by atoms with Gasteiger partial charge in [-0.1, -0.05) is 0 Å². The fourth-order valence-corrected chi connectivity index (χ4v) is 1.27. The van der Waals surface area contributed by atoms with Gasteiger partial charge in [0.1, 0.15) is 5.56 Å². The number of carbonyl (C=O) groups excluding carboxylic acids is 1. The molecule has 0 saturated carbocycles. The van der Waals surface area contributed by atoms with Gasteiger partial charge in [0.2, 0.25) is 5.82 Å². The zero-order valence-electron chi connectivity index (χ0n) is 8.86. The van der Waals surface area contributed by atoms with E-state index in [1.807, 2.05) is 0 Å². The molecule has 0 radical (unpaired) electrons. The van der Waals surface area contributed by atoms with Crippen molar-refractivity contribution >= 4 is 5.97 Å². The number of hydrogen-bond donors (Lipinski definition) is 0.